The van der Waals surface area contributed by atoms with Crippen LogP contribution in [0, 0.1) is 13.8 Å². The van der Waals surface area contributed by atoms with Crippen molar-refractivity contribution in [3.63, 3.8) is 0 Å². The summed E-state index contributed by atoms with van der Waals surface area (Å²) in [5, 5.41) is 15.9. The van der Waals surface area contributed by atoms with Gasteiger partial charge in [-0.15, -0.1) is 24.0 Å². The number of para-hydroxylation sites is 1. The predicted molar refractivity (Wildman–Crippen MR) is 143 cm³/mol. The Balaban J connectivity index is 0.00000306. The van der Waals surface area contributed by atoms with Crippen LogP contribution in [-0.2, 0) is 19.6 Å². The molecule has 0 bridgehead atoms. The molecule has 33 heavy (non-hydrogen) atoms. The Hall–Kier alpha value is -3.14. The zero-order valence-corrected chi connectivity index (χ0v) is 21.5. The highest BCUT2D eigenvalue weighted by Crippen LogP contribution is 2.17. The normalized spacial score (nSPS) is 11.2. The number of aromatic nitrogens is 4. The summed E-state index contributed by atoms with van der Waals surface area (Å²) in [6, 6.07) is 20.7. The number of nitrogens with zero attached hydrogens (tertiary/aromatic N) is 5. The fourth-order valence-corrected chi connectivity index (χ4v) is 3.68. The fourth-order valence-electron chi connectivity index (χ4n) is 3.68. The van der Waals surface area contributed by atoms with Crippen molar-refractivity contribution < 1.29 is 0 Å². The molecule has 4 rings (SSSR count). The summed E-state index contributed by atoms with van der Waals surface area (Å²) in [5.41, 5.74) is 6.68. The molecule has 2 heterocycles. The van der Waals surface area contributed by atoms with E-state index in [9.17, 15) is 0 Å². The zero-order valence-electron chi connectivity index (χ0n) is 19.2. The molecule has 7 nitrogen and oxygen atoms in total. The number of aryl methyl sites for hydroxylation is 2. The summed E-state index contributed by atoms with van der Waals surface area (Å²) in [4.78, 5) is 4.36. The number of hydrogen-bond donors (Lipinski definition) is 2. The second kappa shape index (κ2) is 11.6. The number of rotatable bonds is 7. The van der Waals surface area contributed by atoms with E-state index in [0.29, 0.717) is 13.1 Å². The highest BCUT2D eigenvalue weighted by molar-refractivity contribution is 14.0. The lowest BCUT2D eigenvalue weighted by Gasteiger charge is -2.14. The molecule has 0 fully saturated rings. The standard InChI is InChI=1S/C25H29N7.HI/c1-19-13-20(2)32(30-19)24-12-8-7-11-23(24)16-28-25(26-3)27-14-22-15-29-31(18-22)17-21-9-5-4-6-10-21;/h4-13,15,18H,14,16-17H2,1-3H3,(H2,26,27,28);1H. The first-order valence-electron chi connectivity index (χ1n) is 10.7. The lowest BCUT2D eigenvalue weighted by atomic mass is 10.1. The number of aliphatic imine (C=N–C) groups is 1. The van der Waals surface area contributed by atoms with Gasteiger partial charge in [-0.2, -0.15) is 10.2 Å². The highest BCUT2D eigenvalue weighted by atomic mass is 127. The van der Waals surface area contributed by atoms with Crippen molar-refractivity contribution in [1.82, 2.24) is 30.2 Å². The first-order valence-corrected chi connectivity index (χ1v) is 10.7. The summed E-state index contributed by atoms with van der Waals surface area (Å²) < 4.78 is 3.94. The molecule has 0 unspecified atom stereocenters. The van der Waals surface area contributed by atoms with Crippen molar-refractivity contribution in [1.29, 1.82) is 0 Å². The van der Waals surface area contributed by atoms with Crippen LogP contribution in [0.25, 0.3) is 5.69 Å². The van der Waals surface area contributed by atoms with Crippen LogP contribution in [-0.4, -0.2) is 32.6 Å². The van der Waals surface area contributed by atoms with Crippen molar-refractivity contribution in [2.24, 2.45) is 4.99 Å². The number of nitrogens with one attached hydrogen (secondary N) is 2. The van der Waals surface area contributed by atoms with Crippen LogP contribution in [0.3, 0.4) is 0 Å². The Kier molecular flexibility index (Phi) is 8.65. The van der Waals surface area contributed by atoms with Crippen molar-refractivity contribution in [3.05, 3.63) is 101 Å². The predicted octanol–water partition coefficient (Wildman–Crippen LogP) is 4.22. The zero-order chi connectivity index (χ0) is 22.3. The van der Waals surface area contributed by atoms with Crippen LogP contribution >= 0.6 is 24.0 Å². The lowest BCUT2D eigenvalue weighted by molar-refractivity contribution is 0.685. The van der Waals surface area contributed by atoms with Gasteiger partial charge < -0.3 is 10.6 Å². The average molecular weight is 555 g/mol. The Morgan fingerprint density at radius 1 is 0.939 bits per heavy atom. The third-order valence-electron chi connectivity index (χ3n) is 5.23. The first-order chi connectivity index (χ1) is 15.6. The van der Waals surface area contributed by atoms with Crippen molar-refractivity contribution in [2.75, 3.05) is 7.05 Å². The average Bonchev–Trinajstić information content (AvgIpc) is 3.39. The van der Waals surface area contributed by atoms with Crippen molar-refractivity contribution >= 4 is 29.9 Å². The molecule has 0 spiro atoms. The topological polar surface area (TPSA) is 72.1 Å². The largest absolute Gasteiger partial charge is 0.352 e. The van der Waals surface area contributed by atoms with E-state index in [-0.39, 0.29) is 24.0 Å². The van der Waals surface area contributed by atoms with Crippen LogP contribution in [0.1, 0.15) is 28.1 Å². The third-order valence-corrected chi connectivity index (χ3v) is 5.23. The minimum atomic E-state index is 0. The van der Waals surface area contributed by atoms with Gasteiger partial charge in [0.05, 0.1) is 24.1 Å². The fraction of sp³-hybridized carbons (Fsp3) is 0.240. The van der Waals surface area contributed by atoms with Gasteiger partial charge in [0.2, 0.25) is 0 Å². The van der Waals surface area contributed by atoms with Crippen molar-refractivity contribution in [3.8, 4) is 5.69 Å². The van der Waals surface area contributed by atoms with Crippen molar-refractivity contribution in [2.45, 2.75) is 33.5 Å². The van der Waals surface area contributed by atoms with Gasteiger partial charge in [0.1, 0.15) is 0 Å². The van der Waals surface area contributed by atoms with E-state index >= 15 is 0 Å². The highest BCUT2D eigenvalue weighted by Gasteiger charge is 2.09. The van der Waals surface area contributed by atoms with Gasteiger partial charge in [-0.05, 0) is 37.1 Å². The summed E-state index contributed by atoms with van der Waals surface area (Å²) in [6.45, 7) is 6.13. The number of guanidine groups is 1. The van der Waals surface area contributed by atoms with Gasteiger partial charge in [0.25, 0.3) is 0 Å². The molecule has 0 amide bonds. The molecule has 0 aliphatic heterocycles. The van der Waals surface area contributed by atoms with Gasteiger partial charge >= 0.3 is 0 Å². The van der Waals surface area contributed by atoms with E-state index in [1.165, 1.54) is 5.56 Å². The van der Waals surface area contributed by atoms with Crippen LogP contribution < -0.4 is 10.6 Å². The van der Waals surface area contributed by atoms with E-state index < -0.39 is 0 Å². The SMILES string of the molecule is CN=C(NCc1cnn(Cc2ccccc2)c1)NCc1ccccc1-n1nc(C)cc1C.I. The summed E-state index contributed by atoms with van der Waals surface area (Å²) >= 11 is 0. The molecule has 0 radical (unpaired) electrons. The second-order valence-electron chi connectivity index (χ2n) is 7.78. The smallest absolute Gasteiger partial charge is 0.191 e. The van der Waals surface area contributed by atoms with E-state index in [2.05, 4.69) is 69.3 Å². The molecule has 2 aromatic heterocycles. The van der Waals surface area contributed by atoms with Crippen LogP contribution in [0.4, 0.5) is 0 Å². The molecule has 2 N–H and O–H groups in total. The number of halogens is 1. The lowest BCUT2D eigenvalue weighted by Crippen LogP contribution is -2.36. The third kappa shape index (κ3) is 6.44. The number of benzene rings is 2. The molecular formula is C25H30IN7. The van der Waals surface area contributed by atoms with Crippen LogP contribution in [0.15, 0.2) is 78.0 Å². The van der Waals surface area contributed by atoms with Gasteiger partial charge in [-0.1, -0.05) is 48.5 Å². The van der Waals surface area contributed by atoms with Gasteiger partial charge in [0, 0.05) is 37.6 Å². The quantitative estimate of drug-likeness (QED) is 0.204. The summed E-state index contributed by atoms with van der Waals surface area (Å²) in [5.74, 6) is 0.740. The maximum absolute atomic E-state index is 4.63. The Bertz CT molecular complexity index is 1190. The van der Waals surface area contributed by atoms with Gasteiger partial charge in [0.15, 0.2) is 5.96 Å². The molecule has 0 aliphatic carbocycles. The van der Waals surface area contributed by atoms with Crippen LogP contribution in [0.2, 0.25) is 0 Å². The molecule has 0 saturated heterocycles. The van der Waals surface area contributed by atoms with E-state index in [4.69, 9.17) is 0 Å². The summed E-state index contributed by atoms with van der Waals surface area (Å²) in [6.07, 6.45) is 3.95. The molecule has 8 heteroatoms. The van der Waals surface area contributed by atoms with E-state index in [0.717, 1.165) is 40.7 Å². The van der Waals surface area contributed by atoms with Gasteiger partial charge in [-0.25, -0.2) is 4.68 Å². The summed E-state index contributed by atoms with van der Waals surface area (Å²) in [7, 11) is 1.78. The molecule has 172 valence electrons. The maximum Gasteiger partial charge on any atom is 0.191 e. The Labute approximate surface area is 212 Å². The minimum absolute atomic E-state index is 0. The first kappa shape index (κ1) is 24.5. The molecular weight excluding hydrogens is 525 g/mol. The van der Waals surface area contributed by atoms with Gasteiger partial charge in [-0.3, -0.25) is 9.67 Å². The molecule has 0 aliphatic rings. The molecule has 0 saturated carbocycles. The number of hydrogen-bond acceptors (Lipinski definition) is 3. The Morgan fingerprint density at radius 3 is 2.39 bits per heavy atom. The second-order valence-corrected chi connectivity index (χ2v) is 7.78. The molecule has 4 aromatic rings. The van der Waals surface area contributed by atoms with E-state index in [1.54, 1.807) is 7.05 Å². The molecule has 2 aromatic carbocycles. The Morgan fingerprint density at radius 2 is 1.67 bits per heavy atom. The van der Waals surface area contributed by atoms with Crippen LogP contribution in [0.5, 0.6) is 0 Å². The monoisotopic (exact) mass is 555 g/mol. The molecule has 0 atom stereocenters. The van der Waals surface area contributed by atoms with E-state index in [1.807, 2.05) is 52.8 Å². The maximum atomic E-state index is 4.63. The minimum Gasteiger partial charge on any atom is -0.352 e.